The first kappa shape index (κ1) is 9.09. The summed E-state index contributed by atoms with van der Waals surface area (Å²) in [5.74, 6) is 0. The summed E-state index contributed by atoms with van der Waals surface area (Å²) in [6, 6.07) is 12.5. The highest BCUT2D eigenvalue weighted by atomic mass is 15.3. The lowest BCUT2D eigenvalue weighted by Gasteiger charge is -2.06. The highest BCUT2D eigenvalue weighted by Gasteiger charge is 2.07. The number of H-pyrrole nitrogens is 1. The van der Waals surface area contributed by atoms with Crippen LogP contribution in [0.15, 0.2) is 42.6 Å². The molecule has 0 bridgehead atoms. The lowest BCUT2D eigenvalue weighted by molar-refractivity contribution is 0.942. The van der Waals surface area contributed by atoms with Crippen LogP contribution >= 0.6 is 0 Å². The van der Waals surface area contributed by atoms with Crippen LogP contribution < -0.4 is 0 Å². The average Bonchev–Trinajstić information content (AvgIpc) is 2.82. The number of benzene rings is 2. The van der Waals surface area contributed by atoms with E-state index < -0.39 is 0 Å². The van der Waals surface area contributed by atoms with Gasteiger partial charge in [0, 0.05) is 5.56 Å². The Morgan fingerprint density at radius 1 is 1.06 bits per heavy atom. The minimum Gasteiger partial charge on any atom is -0.197 e. The first-order valence-electron chi connectivity index (χ1n) is 5.21. The van der Waals surface area contributed by atoms with Crippen molar-refractivity contribution < 1.29 is 0 Å². The molecule has 3 aromatic rings. The van der Waals surface area contributed by atoms with E-state index in [1.165, 1.54) is 16.3 Å². The number of fused-ring (bicyclic) bond motifs is 1. The van der Waals surface area contributed by atoms with Crippen LogP contribution in [0.1, 0.15) is 5.56 Å². The molecule has 0 spiro atoms. The Kier molecular flexibility index (Phi) is 1.96. The van der Waals surface area contributed by atoms with Crippen LogP contribution in [0, 0.1) is 6.92 Å². The first-order chi connectivity index (χ1) is 7.86. The zero-order valence-corrected chi connectivity index (χ0v) is 8.94. The molecule has 3 rings (SSSR count). The normalized spacial score (nSPS) is 10.8. The third-order valence-electron chi connectivity index (χ3n) is 2.80. The molecule has 0 amide bonds. The van der Waals surface area contributed by atoms with Gasteiger partial charge in [-0.05, 0) is 23.3 Å². The molecule has 0 radical (unpaired) electrons. The van der Waals surface area contributed by atoms with Crippen LogP contribution in [0.4, 0.5) is 0 Å². The zero-order valence-electron chi connectivity index (χ0n) is 8.94. The summed E-state index contributed by atoms with van der Waals surface area (Å²) in [4.78, 5) is 0. The topological polar surface area (TPSA) is 41.6 Å². The Bertz CT molecular complexity index is 621. The number of hydrogen-bond acceptors (Lipinski definition) is 2. The predicted octanol–water partition coefficient (Wildman–Crippen LogP) is 2.93. The second-order valence-electron chi connectivity index (χ2n) is 3.83. The molecule has 0 saturated heterocycles. The van der Waals surface area contributed by atoms with E-state index in [0.29, 0.717) is 0 Å². The Labute approximate surface area is 93.1 Å². The largest absolute Gasteiger partial charge is 0.197 e. The SMILES string of the molecule is Cc1cccc2cccc(-c3cn[nH]n3)c12. The summed E-state index contributed by atoms with van der Waals surface area (Å²) < 4.78 is 0. The quantitative estimate of drug-likeness (QED) is 0.669. The van der Waals surface area contributed by atoms with Crippen molar-refractivity contribution >= 4 is 10.8 Å². The van der Waals surface area contributed by atoms with Gasteiger partial charge in [0.15, 0.2) is 0 Å². The van der Waals surface area contributed by atoms with Crippen molar-refractivity contribution in [2.45, 2.75) is 6.92 Å². The van der Waals surface area contributed by atoms with Gasteiger partial charge in [-0.25, -0.2) is 0 Å². The lowest BCUT2D eigenvalue weighted by atomic mass is 9.98. The van der Waals surface area contributed by atoms with Crippen molar-refractivity contribution in [1.82, 2.24) is 15.4 Å². The number of rotatable bonds is 1. The molecule has 78 valence electrons. The van der Waals surface area contributed by atoms with Crippen molar-refractivity contribution in [1.29, 1.82) is 0 Å². The minimum absolute atomic E-state index is 0.889. The summed E-state index contributed by atoms with van der Waals surface area (Å²) in [5, 5.41) is 13.1. The Hall–Kier alpha value is -2.16. The van der Waals surface area contributed by atoms with E-state index in [-0.39, 0.29) is 0 Å². The first-order valence-corrected chi connectivity index (χ1v) is 5.21. The van der Waals surface area contributed by atoms with E-state index in [0.717, 1.165) is 11.3 Å². The smallest absolute Gasteiger partial charge is 0.113 e. The van der Waals surface area contributed by atoms with Crippen molar-refractivity contribution in [3.8, 4) is 11.3 Å². The van der Waals surface area contributed by atoms with Gasteiger partial charge >= 0.3 is 0 Å². The second-order valence-corrected chi connectivity index (χ2v) is 3.83. The van der Waals surface area contributed by atoms with E-state index >= 15 is 0 Å². The highest BCUT2D eigenvalue weighted by Crippen LogP contribution is 2.29. The van der Waals surface area contributed by atoms with E-state index in [1.807, 2.05) is 6.07 Å². The van der Waals surface area contributed by atoms with Gasteiger partial charge in [-0.3, -0.25) is 0 Å². The molecule has 0 aliphatic carbocycles. The van der Waals surface area contributed by atoms with Gasteiger partial charge in [0.25, 0.3) is 0 Å². The number of aromatic amines is 1. The second kappa shape index (κ2) is 3.45. The number of aromatic nitrogens is 3. The van der Waals surface area contributed by atoms with Crippen molar-refractivity contribution in [2.24, 2.45) is 0 Å². The maximum absolute atomic E-state index is 4.14. The monoisotopic (exact) mass is 209 g/mol. The molecule has 1 heterocycles. The van der Waals surface area contributed by atoms with Gasteiger partial charge in [-0.2, -0.15) is 15.4 Å². The molecule has 0 atom stereocenters. The van der Waals surface area contributed by atoms with Crippen LogP contribution in [0.2, 0.25) is 0 Å². The van der Waals surface area contributed by atoms with Gasteiger partial charge in [-0.1, -0.05) is 36.4 Å². The molecular weight excluding hydrogens is 198 g/mol. The third-order valence-corrected chi connectivity index (χ3v) is 2.80. The number of aryl methyl sites for hydroxylation is 1. The number of nitrogens with zero attached hydrogens (tertiary/aromatic N) is 2. The van der Waals surface area contributed by atoms with Crippen LogP contribution in [0.3, 0.4) is 0 Å². The average molecular weight is 209 g/mol. The molecule has 0 unspecified atom stereocenters. The Balaban J connectivity index is 2.41. The molecular formula is C13H11N3. The molecule has 0 aliphatic rings. The number of hydrogen-bond donors (Lipinski definition) is 1. The summed E-state index contributed by atoms with van der Waals surface area (Å²) >= 11 is 0. The summed E-state index contributed by atoms with van der Waals surface area (Å²) in [5.41, 5.74) is 3.28. The van der Waals surface area contributed by atoms with Crippen LogP contribution in [-0.2, 0) is 0 Å². The van der Waals surface area contributed by atoms with Crippen LogP contribution in [0.5, 0.6) is 0 Å². The van der Waals surface area contributed by atoms with Gasteiger partial charge in [-0.15, -0.1) is 0 Å². The number of nitrogens with one attached hydrogen (secondary N) is 1. The fourth-order valence-corrected chi connectivity index (χ4v) is 2.07. The van der Waals surface area contributed by atoms with Crippen molar-refractivity contribution in [3.63, 3.8) is 0 Å². The Morgan fingerprint density at radius 3 is 2.62 bits per heavy atom. The molecule has 0 fully saturated rings. The molecule has 0 saturated carbocycles. The zero-order chi connectivity index (χ0) is 11.0. The maximum atomic E-state index is 4.14. The van der Waals surface area contributed by atoms with Gasteiger partial charge in [0.2, 0.25) is 0 Å². The van der Waals surface area contributed by atoms with Gasteiger partial charge in [0.05, 0.1) is 6.20 Å². The Morgan fingerprint density at radius 2 is 1.88 bits per heavy atom. The molecule has 0 aliphatic heterocycles. The van der Waals surface area contributed by atoms with Crippen molar-refractivity contribution in [2.75, 3.05) is 0 Å². The van der Waals surface area contributed by atoms with Gasteiger partial charge in [0.1, 0.15) is 5.69 Å². The third kappa shape index (κ3) is 1.29. The maximum Gasteiger partial charge on any atom is 0.113 e. The van der Waals surface area contributed by atoms with E-state index in [4.69, 9.17) is 0 Å². The van der Waals surface area contributed by atoms with Crippen LogP contribution in [0.25, 0.3) is 22.0 Å². The minimum atomic E-state index is 0.889. The highest BCUT2D eigenvalue weighted by molar-refractivity contribution is 5.97. The fraction of sp³-hybridized carbons (Fsp3) is 0.0769. The standard InChI is InChI=1S/C13H11N3/c1-9-4-2-5-10-6-3-7-11(13(9)10)12-8-14-16-15-12/h2-8H,1H3,(H,14,15,16). The van der Waals surface area contributed by atoms with E-state index in [2.05, 4.69) is 52.7 Å². The lowest BCUT2D eigenvalue weighted by Crippen LogP contribution is -1.84. The van der Waals surface area contributed by atoms with Crippen molar-refractivity contribution in [3.05, 3.63) is 48.2 Å². The molecule has 1 N–H and O–H groups in total. The predicted molar refractivity (Wildman–Crippen MR) is 64.1 cm³/mol. The van der Waals surface area contributed by atoms with E-state index in [1.54, 1.807) is 6.20 Å². The molecule has 16 heavy (non-hydrogen) atoms. The summed E-state index contributed by atoms with van der Waals surface area (Å²) in [6.07, 6.45) is 1.75. The fourth-order valence-electron chi connectivity index (χ4n) is 2.07. The van der Waals surface area contributed by atoms with Crippen LogP contribution in [-0.4, -0.2) is 15.4 Å². The van der Waals surface area contributed by atoms with E-state index in [9.17, 15) is 0 Å². The summed E-state index contributed by atoms with van der Waals surface area (Å²) in [6.45, 7) is 2.12. The summed E-state index contributed by atoms with van der Waals surface area (Å²) in [7, 11) is 0. The van der Waals surface area contributed by atoms with Gasteiger partial charge < -0.3 is 0 Å². The molecule has 3 heteroatoms. The molecule has 2 aromatic carbocycles. The molecule has 1 aromatic heterocycles. The molecule has 3 nitrogen and oxygen atoms in total.